The number of carbonyl (C=O) groups is 2. The van der Waals surface area contributed by atoms with Gasteiger partial charge in [0, 0.05) is 38.1 Å². The highest BCUT2D eigenvalue weighted by molar-refractivity contribution is 7.14. The van der Waals surface area contributed by atoms with Gasteiger partial charge in [-0.1, -0.05) is 12.1 Å². The number of rotatable bonds is 7. The van der Waals surface area contributed by atoms with Gasteiger partial charge in [-0.2, -0.15) is 0 Å². The number of hydrogen-bond donors (Lipinski definition) is 2. The summed E-state index contributed by atoms with van der Waals surface area (Å²) in [6, 6.07) is 6.34. The molecule has 1 aliphatic carbocycles. The number of carbonyl (C=O) groups excluding carboxylic acids is 2. The fourth-order valence-electron chi connectivity index (χ4n) is 3.22. The lowest BCUT2D eigenvalue weighted by Crippen LogP contribution is -2.51. The number of hydrogen-bond acceptors (Lipinski definition) is 6. The lowest BCUT2D eigenvalue weighted by atomic mass is 10.3. The number of nitrogens with zero attached hydrogens (tertiary/aromatic N) is 3. The third-order valence-corrected chi connectivity index (χ3v) is 5.91. The van der Waals surface area contributed by atoms with Crippen LogP contribution in [0.15, 0.2) is 29.6 Å². The minimum atomic E-state index is -0.368. The predicted molar refractivity (Wildman–Crippen MR) is 110 cm³/mol. The Morgan fingerprint density at radius 2 is 1.93 bits per heavy atom. The van der Waals surface area contributed by atoms with Crippen LogP contribution in [0.2, 0.25) is 0 Å². The van der Waals surface area contributed by atoms with Crippen LogP contribution in [-0.4, -0.2) is 65.9 Å². The quantitative estimate of drug-likeness (QED) is 0.723. The predicted octanol–water partition coefficient (Wildman–Crippen LogP) is 2.31. The summed E-state index contributed by atoms with van der Waals surface area (Å²) in [6.07, 6.45) is 2.43. The van der Waals surface area contributed by atoms with E-state index in [1.807, 2.05) is 0 Å². The summed E-state index contributed by atoms with van der Waals surface area (Å²) < 4.78 is 13.8. The molecule has 0 bridgehead atoms. The number of thiazole rings is 1. The zero-order valence-corrected chi connectivity index (χ0v) is 16.9. The minimum Gasteiger partial charge on any atom is -0.355 e. The molecule has 2 aromatic rings. The number of anilines is 2. The number of nitrogens with one attached hydrogen (secondary N) is 2. The van der Waals surface area contributed by atoms with E-state index in [-0.39, 0.29) is 17.6 Å². The molecule has 1 aromatic heterocycles. The Labute approximate surface area is 172 Å². The molecule has 0 unspecified atom stereocenters. The van der Waals surface area contributed by atoms with E-state index in [1.165, 1.54) is 30.2 Å². The van der Waals surface area contributed by atoms with Crippen LogP contribution < -0.4 is 10.6 Å². The molecule has 0 atom stereocenters. The van der Waals surface area contributed by atoms with Crippen LogP contribution in [0.5, 0.6) is 0 Å². The van der Waals surface area contributed by atoms with Gasteiger partial charge < -0.3 is 15.5 Å². The van der Waals surface area contributed by atoms with E-state index in [0.717, 1.165) is 6.54 Å². The molecular weight excluding hydrogens is 393 g/mol. The molecule has 1 aromatic carbocycles. The van der Waals surface area contributed by atoms with Crippen molar-refractivity contribution in [3.05, 3.63) is 41.2 Å². The fraction of sp³-hybridized carbons (Fsp3) is 0.450. The van der Waals surface area contributed by atoms with Crippen molar-refractivity contribution < 1.29 is 14.0 Å². The Kier molecular flexibility index (Phi) is 6.05. The van der Waals surface area contributed by atoms with Crippen molar-refractivity contribution in [1.82, 2.24) is 20.1 Å². The van der Waals surface area contributed by atoms with E-state index in [1.54, 1.807) is 28.5 Å². The Balaban J connectivity index is 1.25. The summed E-state index contributed by atoms with van der Waals surface area (Å²) in [4.78, 5) is 32.8. The summed E-state index contributed by atoms with van der Waals surface area (Å²) in [5, 5.41) is 8.05. The van der Waals surface area contributed by atoms with Crippen molar-refractivity contribution in [2.75, 3.05) is 44.6 Å². The van der Waals surface area contributed by atoms with Crippen LogP contribution in [0.4, 0.5) is 15.2 Å². The molecule has 0 radical (unpaired) electrons. The lowest BCUT2D eigenvalue weighted by Gasteiger charge is -2.33. The molecule has 1 saturated heterocycles. The smallest absolute Gasteiger partial charge is 0.273 e. The molecule has 1 aliphatic heterocycles. The van der Waals surface area contributed by atoms with E-state index in [9.17, 15) is 14.0 Å². The topological polar surface area (TPSA) is 77.6 Å². The second-order valence-electron chi connectivity index (χ2n) is 7.46. The van der Waals surface area contributed by atoms with Gasteiger partial charge in [0.2, 0.25) is 5.91 Å². The summed E-state index contributed by atoms with van der Waals surface area (Å²) in [5.41, 5.74) is 0.680. The van der Waals surface area contributed by atoms with Gasteiger partial charge in [-0.15, -0.1) is 11.3 Å². The second-order valence-corrected chi connectivity index (χ2v) is 8.32. The van der Waals surface area contributed by atoms with Crippen molar-refractivity contribution >= 4 is 34.0 Å². The van der Waals surface area contributed by atoms with Crippen molar-refractivity contribution in [2.24, 2.45) is 5.92 Å². The van der Waals surface area contributed by atoms with Crippen LogP contribution >= 0.6 is 11.3 Å². The number of para-hydroxylation sites is 1. The standard InChI is InChI=1S/C20H24FN5O2S/c21-15-3-1-2-4-16(15)23-20-24-17(13-29-20)19(28)26-9-7-25(8-10-26)12-18(27)22-11-14-5-6-14/h1-4,13-14H,5-12H2,(H,22,27)(H,23,24). The molecule has 2 aliphatic rings. The first-order chi connectivity index (χ1) is 14.1. The molecule has 154 valence electrons. The Morgan fingerprint density at radius 3 is 2.66 bits per heavy atom. The average Bonchev–Trinajstić information content (AvgIpc) is 3.45. The van der Waals surface area contributed by atoms with Gasteiger partial charge in [0.05, 0.1) is 12.2 Å². The van der Waals surface area contributed by atoms with Crippen LogP contribution in [0.3, 0.4) is 0 Å². The van der Waals surface area contributed by atoms with Crippen molar-refractivity contribution in [3.63, 3.8) is 0 Å². The zero-order chi connectivity index (χ0) is 20.2. The molecule has 2 amide bonds. The Hall–Kier alpha value is -2.52. The zero-order valence-electron chi connectivity index (χ0n) is 16.1. The SMILES string of the molecule is O=C(CN1CCN(C(=O)c2csc(Nc3ccccc3F)n2)CC1)NCC1CC1. The third-order valence-electron chi connectivity index (χ3n) is 5.15. The Morgan fingerprint density at radius 1 is 1.17 bits per heavy atom. The van der Waals surface area contributed by atoms with Crippen LogP contribution in [0, 0.1) is 11.7 Å². The highest BCUT2D eigenvalue weighted by atomic mass is 32.1. The molecule has 29 heavy (non-hydrogen) atoms. The lowest BCUT2D eigenvalue weighted by molar-refractivity contribution is -0.122. The van der Waals surface area contributed by atoms with Crippen molar-refractivity contribution in [2.45, 2.75) is 12.8 Å². The molecule has 2 heterocycles. The number of benzene rings is 1. The van der Waals surface area contributed by atoms with E-state index in [2.05, 4.69) is 20.5 Å². The van der Waals surface area contributed by atoms with Gasteiger partial charge in [0.25, 0.3) is 5.91 Å². The maximum absolute atomic E-state index is 13.8. The second kappa shape index (κ2) is 8.87. The largest absolute Gasteiger partial charge is 0.355 e. The first-order valence-corrected chi connectivity index (χ1v) is 10.7. The molecule has 0 spiro atoms. The van der Waals surface area contributed by atoms with Gasteiger partial charge in [-0.25, -0.2) is 9.37 Å². The van der Waals surface area contributed by atoms with Gasteiger partial charge in [0.15, 0.2) is 5.13 Å². The van der Waals surface area contributed by atoms with Gasteiger partial charge in [0.1, 0.15) is 11.5 Å². The summed E-state index contributed by atoms with van der Waals surface area (Å²) >= 11 is 1.27. The van der Waals surface area contributed by atoms with Crippen LogP contribution in [0.25, 0.3) is 0 Å². The molecule has 9 heteroatoms. The highest BCUT2D eigenvalue weighted by Gasteiger charge is 2.26. The van der Waals surface area contributed by atoms with E-state index < -0.39 is 0 Å². The maximum Gasteiger partial charge on any atom is 0.273 e. The number of piperazine rings is 1. The summed E-state index contributed by atoms with van der Waals surface area (Å²) in [7, 11) is 0. The van der Waals surface area contributed by atoms with Gasteiger partial charge in [-0.05, 0) is 30.9 Å². The summed E-state index contributed by atoms with van der Waals surface area (Å²) in [6.45, 7) is 3.59. The van der Waals surface area contributed by atoms with Crippen molar-refractivity contribution in [1.29, 1.82) is 0 Å². The van der Waals surface area contributed by atoms with Gasteiger partial charge in [-0.3, -0.25) is 14.5 Å². The van der Waals surface area contributed by atoms with E-state index in [0.29, 0.717) is 55.2 Å². The van der Waals surface area contributed by atoms with E-state index >= 15 is 0 Å². The summed E-state index contributed by atoms with van der Waals surface area (Å²) in [5.74, 6) is 0.220. The Bertz CT molecular complexity index is 877. The highest BCUT2D eigenvalue weighted by Crippen LogP contribution is 2.27. The van der Waals surface area contributed by atoms with Crippen molar-refractivity contribution in [3.8, 4) is 0 Å². The molecule has 4 rings (SSSR count). The number of amides is 2. The fourth-order valence-corrected chi connectivity index (χ4v) is 3.91. The van der Waals surface area contributed by atoms with Crippen LogP contribution in [0.1, 0.15) is 23.3 Å². The minimum absolute atomic E-state index is 0.0556. The molecule has 7 nitrogen and oxygen atoms in total. The maximum atomic E-state index is 13.8. The van der Waals surface area contributed by atoms with E-state index in [4.69, 9.17) is 0 Å². The molecular formula is C20H24FN5O2S. The molecule has 2 fully saturated rings. The molecule has 1 saturated carbocycles. The average molecular weight is 418 g/mol. The first-order valence-electron chi connectivity index (χ1n) is 9.84. The molecule has 2 N–H and O–H groups in total. The van der Waals surface area contributed by atoms with Crippen LogP contribution in [-0.2, 0) is 4.79 Å². The number of aromatic nitrogens is 1. The monoisotopic (exact) mass is 417 g/mol. The normalized spacial score (nSPS) is 17.2. The van der Waals surface area contributed by atoms with Gasteiger partial charge >= 0.3 is 0 Å². The number of halogens is 1. The third kappa shape index (κ3) is 5.30. The first kappa shape index (κ1) is 19.8.